The van der Waals surface area contributed by atoms with Gasteiger partial charge in [0.05, 0.1) is 16.6 Å². The second-order valence-corrected chi connectivity index (χ2v) is 8.86. The van der Waals surface area contributed by atoms with Crippen molar-refractivity contribution in [3.05, 3.63) is 11.6 Å². The van der Waals surface area contributed by atoms with Crippen LogP contribution in [-0.4, -0.2) is 42.3 Å². The largest absolute Gasteiger partial charge is 0.503 e. The van der Waals surface area contributed by atoms with Gasteiger partial charge < -0.3 is 14.7 Å². The number of benzene rings is 1. The molecule has 0 saturated heterocycles. The van der Waals surface area contributed by atoms with Gasteiger partial charge in [0.25, 0.3) is 0 Å². The molecule has 6 heteroatoms. The first kappa shape index (κ1) is 15.2. The highest BCUT2D eigenvalue weighted by molar-refractivity contribution is 8.78. The van der Waals surface area contributed by atoms with Crippen LogP contribution in [0.1, 0.15) is 12.5 Å². The number of hydrogen-bond donors (Lipinski definition) is 1. The van der Waals surface area contributed by atoms with Crippen molar-refractivity contribution in [2.24, 2.45) is 0 Å². The SMILES string of the molecule is COc1cc(CCN(C)C)c2c(c1O)SS[C@@H](C)S2. The van der Waals surface area contributed by atoms with Crippen LogP contribution in [0.2, 0.25) is 0 Å². The molecule has 1 N–H and O–H groups in total. The summed E-state index contributed by atoms with van der Waals surface area (Å²) in [5.41, 5.74) is 1.27. The molecule has 0 saturated carbocycles. The lowest BCUT2D eigenvalue weighted by atomic mass is 10.1. The predicted molar refractivity (Wildman–Crippen MR) is 85.7 cm³/mol. The highest BCUT2D eigenvalue weighted by atomic mass is 33.1. The summed E-state index contributed by atoms with van der Waals surface area (Å²) in [6.07, 6.45) is 0.969. The van der Waals surface area contributed by atoms with Crippen LogP contribution in [0.5, 0.6) is 11.5 Å². The van der Waals surface area contributed by atoms with E-state index in [0.29, 0.717) is 10.3 Å². The fraction of sp³-hybridized carbons (Fsp3) is 0.538. The van der Waals surface area contributed by atoms with E-state index in [2.05, 4.69) is 25.9 Å². The standard InChI is InChI=1S/C13H19NO2S3/c1-8-17-12-9(5-6-14(2)3)7-10(16-4)11(15)13(12)19-18-8/h7-8,15H,5-6H2,1-4H3/t8-/m0/s1. The minimum Gasteiger partial charge on any atom is -0.503 e. The average molecular weight is 318 g/mol. The number of fused-ring (bicyclic) bond motifs is 1. The normalized spacial score (nSPS) is 18.5. The van der Waals surface area contributed by atoms with Gasteiger partial charge in [0.1, 0.15) is 0 Å². The molecule has 2 rings (SSSR count). The van der Waals surface area contributed by atoms with Gasteiger partial charge in [0.2, 0.25) is 0 Å². The summed E-state index contributed by atoms with van der Waals surface area (Å²) in [4.78, 5) is 4.35. The minimum atomic E-state index is 0.281. The zero-order valence-corrected chi connectivity index (χ0v) is 14.0. The van der Waals surface area contributed by atoms with Crippen molar-refractivity contribution in [1.82, 2.24) is 4.90 Å². The van der Waals surface area contributed by atoms with Gasteiger partial charge in [0, 0.05) is 11.4 Å². The van der Waals surface area contributed by atoms with Gasteiger partial charge in [-0.05, 0) is 39.1 Å². The van der Waals surface area contributed by atoms with E-state index in [1.807, 2.05) is 17.8 Å². The first-order chi connectivity index (χ1) is 9.02. The lowest BCUT2D eigenvalue weighted by Crippen LogP contribution is -2.16. The van der Waals surface area contributed by atoms with Crippen LogP contribution in [-0.2, 0) is 6.42 Å². The lowest BCUT2D eigenvalue weighted by molar-refractivity contribution is 0.363. The molecule has 1 aromatic carbocycles. The second-order valence-electron chi connectivity index (χ2n) is 4.66. The Morgan fingerprint density at radius 3 is 2.74 bits per heavy atom. The summed E-state index contributed by atoms with van der Waals surface area (Å²) >= 11 is 1.83. The van der Waals surface area contributed by atoms with Crippen molar-refractivity contribution in [3.8, 4) is 11.5 Å². The smallest absolute Gasteiger partial charge is 0.173 e. The van der Waals surface area contributed by atoms with E-state index < -0.39 is 0 Å². The molecule has 0 spiro atoms. The highest BCUT2D eigenvalue weighted by Crippen LogP contribution is 2.57. The number of methoxy groups -OCH3 is 1. The van der Waals surface area contributed by atoms with Crippen LogP contribution < -0.4 is 4.74 Å². The zero-order valence-electron chi connectivity index (χ0n) is 11.6. The maximum Gasteiger partial charge on any atom is 0.173 e. The Labute approximate surface area is 126 Å². The van der Waals surface area contributed by atoms with Crippen LogP contribution in [0.15, 0.2) is 15.9 Å². The molecule has 1 heterocycles. The van der Waals surface area contributed by atoms with E-state index in [1.54, 1.807) is 28.7 Å². The molecule has 0 aliphatic carbocycles. The topological polar surface area (TPSA) is 32.7 Å². The summed E-state index contributed by atoms with van der Waals surface area (Å²) in [6, 6.07) is 1.98. The van der Waals surface area contributed by atoms with Crippen LogP contribution in [0.3, 0.4) is 0 Å². The highest BCUT2D eigenvalue weighted by Gasteiger charge is 2.25. The molecule has 0 radical (unpaired) electrons. The Morgan fingerprint density at radius 1 is 1.37 bits per heavy atom. The maximum atomic E-state index is 10.2. The van der Waals surface area contributed by atoms with Crippen molar-refractivity contribution < 1.29 is 9.84 Å². The van der Waals surface area contributed by atoms with E-state index >= 15 is 0 Å². The monoisotopic (exact) mass is 317 g/mol. The fourth-order valence-corrected chi connectivity index (χ4v) is 6.08. The molecule has 0 aromatic heterocycles. The van der Waals surface area contributed by atoms with Crippen LogP contribution >= 0.6 is 33.3 Å². The van der Waals surface area contributed by atoms with Gasteiger partial charge in [-0.25, -0.2) is 0 Å². The third kappa shape index (κ3) is 3.48. The van der Waals surface area contributed by atoms with Crippen LogP contribution in [0.25, 0.3) is 0 Å². The van der Waals surface area contributed by atoms with Crippen molar-refractivity contribution >= 4 is 33.3 Å². The summed E-state index contributed by atoms with van der Waals surface area (Å²) in [6.45, 7) is 3.19. The number of ether oxygens (including phenoxy) is 1. The number of likely N-dealkylation sites (N-methyl/N-ethyl adjacent to an activating group) is 1. The maximum absolute atomic E-state index is 10.2. The Bertz CT molecular complexity index is 466. The molecular formula is C13H19NO2S3. The lowest BCUT2D eigenvalue weighted by Gasteiger charge is -2.24. The number of thioether (sulfide) groups is 1. The summed E-state index contributed by atoms with van der Waals surface area (Å²) in [5.74, 6) is 0.860. The molecule has 0 fully saturated rings. The first-order valence-corrected chi connectivity index (χ1v) is 9.19. The van der Waals surface area contributed by atoms with Crippen molar-refractivity contribution in [2.75, 3.05) is 27.7 Å². The summed E-state index contributed by atoms with van der Waals surface area (Å²) in [7, 11) is 9.19. The molecule has 19 heavy (non-hydrogen) atoms. The predicted octanol–water partition coefficient (Wildman–Crippen LogP) is 3.70. The number of nitrogens with zero attached hydrogens (tertiary/aromatic N) is 1. The Balaban J connectivity index is 2.40. The summed E-state index contributed by atoms with van der Waals surface area (Å²) < 4.78 is 5.79. The molecule has 1 atom stereocenters. The van der Waals surface area contributed by atoms with Crippen molar-refractivity contribution in [2.45, 2.75) is 27.7 Å². The van der Waals surface area contributed by atoms with Crippen LogP contribution in [0.4, 0.5) is 0 Å². The Hall–Kier alpha value is -0.170. The van der Waals surface area contributed by atoms with Crippen molar-refractivity contribution in [3.63, 3.8) is 0 Å². The third-order valence-electron chi connectivity index (χ3n) is 2.85. The molecule has 106 valence electrons. The molecular weight excluding hydrogens is 298 g/mol. The van der Waals surface area contributed by atoms with Gasteiger partial charge >= 0.3 is 0 Å². The summed E-state index contributed by atoms with van der Waals surface area (Å²) in [5, 5.41) is 10.2. The number of hydrogen-bond acceptors (Lipinski definition) is 6. The van der Waals surface area contributed by atoms with E-state index in [4.69, 9.17) is 4.74 Å². The Kier molecular flexibility index (Phi) is 5.22. The Morgan fingerprint density at radius 2 is 2.11 bits per heavy atom. The van der Waals surface area contributed by atoms with Gasteiger partial charge in [-0.15, -0.1) is 11.8 Å². The molecule has 0 unspecified atom stereocenters. The van der Waals surface area contributed by atoms with E-state index in [-0.39, 0.29) is 5.75 Å². The number of phenols is 1. The fourth-order valence-electron chi connectivity index (χ4n) is 1.85. The molecule has 1 aromatic rings. The quantitative estimate of drug-likeness (QED) is 0.853. The van der Waals surface area contributed by atoms with Gasteiger partial charge in [0.15, 0.2) is 11.5 Å². The minimum absolute atomic E-state index is 0.281. The zero-order chi connectivity index (χ0) is 14.0. The van der Waals surface area contributed by atoms with Crippen molar-refractivity contribution in [1.29, 1.82) is 0 Å². The molecule has 1 aliphatic rings. The molecule has 0 amide bonds. The molecule has 1 aliphatic heterocycles. The number of aromatic hydroxyl groups is 1. The van der Waals surface area contributed by atoms with E-state index in [9.17, 15) is 5.11 Å². The molecule has 3 nitrogen and oxygen atoms in total. The van der Waals surface area contributed by atoms with Crippen LogP contribution in [0, 0.1) is 0 Å². The number of rotatable bonds is 4. The van der Waals surface area contributed by atoms with E-state index in [0.717, 1.165) is 17.9 Å². The van der Waals surface area contributed by atoms with Gasteiger partial charge in [-0.1, -0.05) is 21.6 Å². The number of phenolic OH excluding ortho intramolecular Hbond substituents is 1. The first-order valence-electron chi connectivity index (χ1n) is 6.10. The average Bonchev–Trinajstić information content (AvgIpc) is 2.37. The molecule has 0 bridgehead atoms. The van der Waals surface area contributed by atoms with E-state index in [1.165, 1.54) is 10.5 Å². The second kappa shape index (κ2) is 6.52. The van der Waals surface area contributed by atoms with Gasteiger partial charge in [-0.3, -0.25) is 0 Å². The van der Waals surface area contributed by atoms with Gasteiger partial charge in [-0.2, -0.15) is 0 Å². The third-order valence-corrected chi connectivity index (χ3v) is 7.54.